The van der Waals surface area contributed by atoms with Crippen molar-refractivity contribution in [2.45, 2.75) is 4.90 Å². The lowest BCUT2D eigenvalue weighted by Crippen LogP contribution is -2.40. The van der Waals surface area contributed by atoms with Crippen molar-refractivity contribution in [1.29, 1.82) is 0 Å². The number of benzene rings is 1. The van der Waals surface area contributed by atoms with E-state index in [0.29, 0.717) is 48.9 Å². The van der Waals surface area contributed by atoms with Crippen molar-refractivity contribution < 1.29 is 13.2 Å². The van der Waals surface area contributed by atoms with E-state index < -0.39 is 10.0 Å². The number of hydrogen-bond donors (Lipinski definition) is 2. The first-order chi connectivity index (χ1) is 12.4. The minimum Gasteiger partial charge on any atom is -0.396 e. The Bertz CT molecular complexity index is 1070. The summed E-state index contributed by atoms with van der Waals surface area (Å²) in [5, 5.41) is 4.14. The molecule has 0 radical (unpaired) electrons. The van der Waals surface area contributed by atoms with Crippen LogP contribution in [0.5, 0.6) is 0 Å². The molecule has 4 rings (SSSR count). The topological polar surface area (TPSA) is 129 Å². The Kier molecular flexibility index (Phi) is 4.02. The van der Waals surface area contributed by atoms with E-state index in [1.165, 1.54) is 14.9 Å². The first kappa shape index (κ1) is 16.8. The highest BCUT2D eigenvalue weighted by atomic mass is 32.2. The highest BCUT2D eigenvalue weighted by Crippen LogP contribution is 2.26. The van der Waals surface area contributed by atoms with Crippen LogP contribution in [0, 0.1) is 0 Å². The van der Waals surface area contributed by atoms with Gasteiger partial charge >= 0.3 is 0 Å². The van der Waals surface area contributed by atoms with Crippen LogP contribution >= 0.6 is 0 Å². The maximum Gasteiger partial charge on any atom is 0.243 e. The smallest absolute Gasteiger partial charge is 0.243 e. The van der Waals surface area contributed by atoms with Crippen molar-refractivity contribution in [3.05, 3.63) is 36.5 Å². The highest BCUT2D eigenvalue weighted by molar-refractivity contribution is 7.89. The molecule has 26 heavy (non-hydrogen) atoms. The van der Waals surface area contributed by atoms with Crippen molar-refractivity contribution in [3.8, 4) is 11.3 Å². The molecule has 1 aliphatic heterocycles. The molecule has 0 unspecified atom stereocenters. The molecule has 3 heterocycles. The SMILES string of the molecule is Nc1cc(N)c2nc(-c3cccc(S(=O)(=O)N4CCOCC4)c3)cn2n1. The molecule has 0 atom stereocenters. The number of rotatable bonds is 3. The number of nitrogens with zero attached hydrogens (tertiary/aromatic N) is 4. The van der Waals surface area contributed by atoms with Gasteiger partial charge in [-0.15, -0.1) is 5.10 Å². The Morgan fingerprint density at radius 1 is 1.12 bits per heavy atom. The number of ether oxygens (including phenoxy) is 1. The second kappa shape index (κ2) is 6.24. The van der Waals surface area contributed by atoms with Gasteiger partial charge < -0.3 is 16.2 Å². The van der Waals surface area contributed by atoms with Crippen molar-refractivity contribution >= 4 is 27.2 Å². The third-order valence-corrected chi connectivity index (χ3v) is 6.10. The van der Waals surface area contributed by atoms with Crippen molar-refractivity contribution in [2.75, 3.05) is 37.8 Å². The summed E-state index contributed by atoms with van der Waals surface area (Å²) in [6.45, 7) is 1.50. The minimum atomic E-state index is -3.58. The lowest BCUT2D eigenvalue weighted by Gasteiger charge is -2.26. The number of nitrogens with two attached hydrogens (primary N) is 2. The van der Waals surface area contributed by atoms with Crippen LogP contribution in [0.1, 0.15) is 0 Å². The largest absolute Gasteiger partial charge is 0.396 e. The summed E-state index contributed by atoms with van der Waals surface area (Å²) in [6.07, 6.45) is 1.67. The maximum atomic E-state index is 12.8. The summed E-state index contributed by atoms with van der Waals surface area (Å²) in [5.74, 6) is 0.280. The fraction of sp³-hybridized carbons (Fsp3) is 0.250. The predicted octanol–water partition coefficient (Wildman–Crippen LogP) is 0.582. The van der Waals surface area contributed by atoms with Gasteiger partial charge in [0.05, 0.1) is 35.7 Å². The number of hydrogen-bond acceptors (Lipinski definition) is 7. The molecular weight excluding hydrogens is 356 g/mol. The molecule has 1 saturated heterocycles. The third kappa shape index (κ3) is 2.87. The molecule has 0 bridgehead atoms. The molecule has 4 N–H and O–H groups in total. The molecule has 0 spiro atoms. The van der Waals surface area contributed by atoms with E-state index >= 15 is 0 Å². The van der Waals surface area contributed by atoms with Crippen LogP contribution in [0.3, 0.4) is 0 Å². The monoisotopic (exact) mass is 374 g/mol. The van der Waals surface area contributed by atoms with Gasteiger partial charge in [0.25, 0.3) is 0 Å². The molecule has 1 fully saturated rings. The molecule has 1 aromatic carbocycles. The summed E-state index contributed by atoms with van der Waals surface area (Å²) in [7, 11) is -3.58. The van der Waals surface area contributed by atoms with Gasteiger partial charge in [0.1, 0.15) is 5.82 Å². The van der Waals surface area contributed by atoms with Crippen LogP contribution in [0.15, 0.2) is 41.4 Å². The molecule has 0 amide bonds. The first-order valence-corrected chi connectivity index (χ1v) is 9.49. The Morgan fingerprint density at radius 3 is 2.65 bits per heavy atom. The standard InChI is InChI=1S/C16H18N6O3S/c17-13-9-15(18)20-22-10-14(19-16(13)22)11-2-1-3-12(8-11)26(23,24)21-4-6-25-7-5-21/h1-3,8-10H,4-7,17H2,(H2,18,20). The summed E-state index contributed by atoms with van der Waals surface area (Å²) < 4.78 is 33.8. The minimum absolute atomic E-state index is 0.217. The molecule has 1 aliphatic rings. The van der Waals surface area contributed by atoms with Crippen LogP contribution in [0.2, 0.25) is 0 Å². The molecule has 0 saturated carbocycles. The third-order valence-electron chi connectivity index (χ3n) is 4.21. The van der Waals surface area contributed by atoms with Crippen LogP contribution < -0.4 is 11.5 Å². The van der Waals surface area contributed by atoms with Gasteiger partial charge in [0.15, 0.2) is 5.65 Å². The first-order valence-electron chi connectivity index (χ1n) is 8.05. The summed E-state index contributed by atoms with van der Waals surface area (Å²) in [6, 6.07) is 8.20. The Hall–Kier alpha value is -2.69. The number of aromatic nitrogens is 3. The summed E-state index contributed by atoms with van der Waals surface area (Å²) in [5.41, 5.74) is 13.7. The van der Waals surface area contributed by atoms with E-state index in [4.69, 9.17) is 16.2 Å². The van der Waals surface area contributed by atoms with Crippen molar-refractivity contribution in [2.24, 2.45) is 0 Å². The summed E-state index contributed by atoms with van der Waals surface area (Å²) in [4.78, 5) is 4.67. The van der Waals surface area contributed by atoms with E-state index in [1.54, 1.807) is 30.5 Å². The lowest BCUT2D eigenvalue weighted by molar-refractivity contribution is 0.0730. The number of fused-ring (bicyclic) bond motifs is 1. The molecule has 2 aromatic heterocycles. The van der Waals surface area contributed by atoms with Crippen LogP contribution in [-0.2, 0) is 14.8 Å². The van der Waals surface area contributed by atoms with Gasteiger partial charge in [-0.25, -0.2) is 17.9 Å². The van der Waals surface area contributed by atoms with E-state index in [1.807, 2.05) is 0 Å². The van der Waals surface area contributed by atoms with Gasteiger partial charge in [-0.05, 0) is 12.1 Å². The normalized spacial score (nSPS) is 16.2. The van der Waals surface area contributed by atoms with Gasteiger partial charge in [0.2, 0.25) is 10.0 Å². The van der Waals surface area contributed by atoms with Gasteiger partial charge in [-0.3, -0.25) is 0 Å². The molecule has 3 aromatic rings. The van der Waals surface area contributed by atoms with Crippen LogP contribution in [-0.4, -0.2) is 53.6 Å². The van der Waals surface area contributed by atoms with Gasteiger partial charge in [-0.1, -0.05) is 12.1 Å². The molecule has 10 heteroatoms. The Labute approximate surface area is 150 Å². The number of anilines is 2. The van der Waals surface area contributed by atoms with Gasteiger partial charge in [0, 0.05) is 24.7 Å². The number of morpholine rings is 1. The second-order valence-corrected chi connectivity index (χ2v) is 7.90. The van der Waals surface area contributed by atoms with Crippen LogP contribution in [0.4, 0.5) is 11.5 Å². The van der Waals surface area contributed by atoms with E-state index in [2.05, 4.69) is 10.1 Å². The Morgan fingerprint density at radius 2 is 1.88 bits per heavy atom. The van der Waals surface area contributed by atoms with Crippen LogP contribution in [0.25, 0.3) is 16.9 Å². The average molecular weight is 374 g/mol. The van der Waals surface area contributed by atoms with Gasteiger partial charge in [-0.2, -0.15) is 4.31 Å². The average Bonchev–Trinajstić information content (AvgIpc) is 3.07. The molecule has 0 aliphatic carbocycles. The zero-order valence-electron chi connectivity index (χ0n) is 13.9. The molecular formula is C16H18N6O3S. The molecule has 9 nitrogen and oxygen atoms in total. The quantitative estimate of drug-likeness (QED) is 0.686. The number of imidazole rings is 1. The van der Waals surface area contributed by atoms with Crippen molar-refractivity contribution in [1.82, 2.24) is 18.9 Å². The Balaban J connectivity index is 1.75. The zero-order valence-corrected chi connectivity index (χ0v) is 14.7. The lowest BCUT2D eigenvalue weighted by atomic mass is 10.2. The maximum absolute atomic E-state index is 12.8. The highest BCUT2D eigenvalue weighted by Gasteiger charge is 2.26. The number of nitrogen functional groups attached to an aromatic ring is 2. The molecule has 136 valence electrons. The summed E-state index contributed by atoms with van der Waals surface area (Å²) >= 11 is 0. The second-order valence-electron chi connectivity index (χ2n) is 5.96. The van der Waals surface area contributed by atoms with E-state index in [9.17, 15) is 8.42 Å². The number of sulfonamides is 1. The predicted molar refractivity (Wildman–Crippen MR) is 96.8 cm³/mol. The fourth-order valence-electron chi connectivity index (χ4n) is 2.91. The van der Waals surface area contributed by atoms with Crippen molar-refractivity contribution in [3.63, 3.8) is 0 Å². The van der Waals surface area contributed by atoms with E-state index in [-0.39, 0.29) is 10.7 Å². The zero-order chi connectivity index (χ0) is 18.3. The fourth-order valence-corrected chi connectivity index (χ4v) is 4.37. The van der Waals surface area contributed by atoms with E-state index in [0.717, 1.165) is 0 Å².